The van der Waals surface area contributed by atoms with E-state index in [1.165, 1.54) is 6.20 Å². The molecule has 1 amide bonds. The average molecular weight is 198 g/mol. The lowest BCUT2D eigenvalue weighted by molar-refractivity contribution is -0.120. The SMILES string of the molecule is CC(C(N)=O)n1ccnc1C(N)=S. The van der Waals surface area contributed by atoms with Gasteiger partial charge in [0.2, 0.25) is 5.91 Å². The van der Waals surface area contributed by atoms with Crippen LogP contribution in [-0.4, -0.2) is 20.4 Å². The van der Waals surface area contributed by atoms with E-state index in [2.05, 4.69) is 4.98 Å². The minimum atomic E-state index is -0.487. The van der Waals surface area contributed by atoms with Gasteiger partial charge in [-0.1, -0.05) is 12.2 Å². The fourth-order valence-corrected chi connectivity index (χ4v) is 1.11. The molecule has 1 unspecified atom stereocenters. The molecule has 0 aromatic carbocycles. The minimum absolute atomic E-state index is 0.151. The van der Waals surface area contributed by atoms with Crippen LogP contribution in [0.3, 0.4) is 0 Å². The Kier molecular flexibility index (Phi) is 2.62. The second-order valence-corrected chi connectivity index (χ2v) is 3.04. The lowest BCUT2D eigenvalue weighted by Gasteiger charge is -2.11. The van der Waals surface area contributed by atoms with Crippen molar-refractivity contribution in [1.82, 2.24) is 9.55 Å². The van der Waals surface area contributed by atoms with Crippen LogP contribution in [0.5, 0.6) is 0 Å². The number of amides is 1. The number of imidazole rings is 1. The minimum Gasteiger partial charge on any atom is -0.387 e. The van der Waals surface area contributed by atoms with Gasteiger partial charge in [-0.05, 0) is 6.92 Å². The molecule has 5 nitrogen and oxygen atoms in total. The number of primary amides is 1. The summed E-state index contributed by atoms with van der Waals surface area (Å²) >= 11 is 4.75. The Morgan fingerprint density at radius 1 is 1.69 bits per heavy atom. The third-order valence-corrected chi connectivity index (χ3v) is 1.90. The van der Waals surface area contributed by atoms with Crippen LogP contribution in [0.25, 0.3) is 0 Å². The maximum absolute atomic E-state index is 10.9. The quantitative estimate of drug-likeness (QED) is 0.645. The van der Waals surface area contributed by atoms with E-state index >= 15 is 0 Å². The normalized spacial score (nSPS) is 12.4. The monoisotopic (exact) mass is 198 g/mol. The van der Waals surface area contributed by atoms with Crippen LogP contribution in [0.15, 0.2) is 12.4 Å². The molecule has 0 radical (unpaired) electrons. The van der Waals surface area contributed by atoms with E-state index in [-0.39, 0.29) is 4.99 Å². The first-order valence-corrected chi connectivity index (χ1v) is 4.07. The largest absolute Gasteiger partial charge is 0.387 e. The van der Waals surface area contributed by atoms with Gasteiger partial charge in [0.1, 0.15) is 11.0 Å². The van der Waals surface area contributed by atoms with E-state index in [1.807, 2.05) is 0 Å². The molecule has 0 aliphatic carbocycles. The Hall–Kier alpha value is -1.43. The summed E-state index contributed by atoms with van der Waals surface area (Å²) in [5, 5.41) is 0. The second kappa shape index (κ2) is 3.53. The Morgan fingerprint density at radius 2 is 2.31 bits per heavy atom. The Bertz CT molecular complexity index is 346. The van der Waals surface area contributed by atoms with Crippen molar-refractivity contribution in [2.75, 3.05) is 0 Å². The highest BCUT2D eigenvalue weighted by Crippen LogP contribution is 2.07. The zero-order valence-corrected chi connectivity index (χ0v) is 7.91. The average Bonchev–Trinajstić information content (AvgIpc) is 2.50. The van der Waals surface area contributed by atoms with Gasteiger partial charge in [-0.25, -0.2) is 4.98 Å². The molecule has 1 heterocycles. The molecule has 1 rings (SSSR count). The predicted molar refractivity (Wildman–Crippen MR) is 52.0 cm³/mol. The Morgan fingerprint density at radius 3 is 2.77 bits per heavy atom. The lowest BCUT2D eigenvalue weighted by atomic mass is 10.3. The zero-order valence-electron chi connectivity index (χ0n) is 7.10. The first-order valence-electron chi connectivity index (χ1n) is 3.66. The van der Waals surface area contributed by atoms with Gasteiger partial charge >= 0.3 is 0 Å². The van der Waals surface area contributed by atoms with E-state index in [4.69, 9.17) is 23.7 Å². The van der Waals surface area contributed by atoms with Crippen LogP contribution < -0.4 is 11.5 Å². The van der Waals surface area contributed by atoms with Gasteiger partial charge in [-0.2, -0.15) is 0 Å². The van der Waals surface area contributed by atoms with E-state index in [0.29, 0.717) is 5.82 Å². The fourth-order valence-electron chi connectivity index (χ4n) is 0.953. The summed E-state index contributed by atoms with van der Waals surface area (Å²) in [6.45, 7) is 1.66. The maximum atomic E-state index is 10.9. The molecule has 1 aromatic heterocycles. The Labute approximate surface area is 80.7 Å². The molecule has 0 saturated heterocycles. The van der Waals surface area contributed by atoms with Gasteiger partial charge in [-0.15, -0.1) is 0 Å². The highest BCUT2D eigenvalue weighted by molar-refractivity contribution is 7.80. The highest BCUT2D eigenvalue weighted by atomic mass is 32.1. The number of rotatable bonds is 3. The molecule has 13 heavy (non-hydrogen) atoms. The van der Waals surface area contributed by atoms with Crippen molar-refractivity contribution < 1.29 is 4.79 Å². The molecule has 4 N–H and O–H groups in total. The molecule has 0 fully saturated rings. The standard InChI is InChI=1S/C7H10N4OS/c1-4(5(8)12)11-3-2-10-7(11)6(9)13/h2-4H,1H3,(H2,8,12)(H2,9,13). The van der Waals surface area contributed by atoms with Gasteiger partial charge in [0.15, 0.2) is 5.82 Å². The first-order chi connectivity index (χ1) is 6.04. The van der Waals surface area contributed by atoms with Gasteiger partial charge in [0, 0.05) is 12.4 Å². The zero-order chi connectivity index (χ0) is 10.0. The van der Waals surface area contributed by atoms with Crippen molar-refractivity contribution in [2.45, 2.75) is 13.0 Å². The fraction of sp³-hybridized carbons (Fsp3) is 0.286. The molecule has 0 spiro atoms. The van der Waals surface area contributed by atoms with Crippen LogP contribution >= 0.6 is 12.2 Å². The van der Waals surface area contributed by atoms with Crippen LogP contribution in [-0.2, 0) is 4.79 Å². The van der Waals surface area contributed by atoms with Crippen LogP contribution in [0, 0.1) is 0 Å². The van der Waals surface area contributed by atoms with Crippen molar-refractivity contribution in [3.63, 3.8) is 0 Å². The maximum Gasteiger partial charge on any atom is 0.240 e. The van der Waals surface area contributed by atoms with E-state index in [9.17, 15) is 4.79 Å². The molecular formula is C7H10N4OS. The highest BCUT2D eigenvalue weighted by Gasteiger charge is 2.15. The van der Waals surface area contributed by atoms with Gasteiger partial charge in [-0.3, -0.25) is 4.79 Å². The molecule has 70 valence electrons. The number of nitrogens with zero attached hydrogens (tertiary/aromatic N) is 2. The molecule has 0 aliphatic rings. The molecular weight excluding hydrogens is 188 g/mol. The van der Waals surface area contributed by atoms with Gasteiger partial charge < -0.3 is 16.0 Å². The number of hydrogen-bond donors (Lipinski definition) is 2. The lowest BCUT2D eigenvalue weighted by Crippen LogP contribution is -2.27. The number of hydrogen-bond acceptors (Lipinski definition) is 3. The molecule has 0 bridgehead atoms. The molecule has 1 aromatic rings. The van der Waals surface area contributed by atoms with Gasteiger partial charge in [0.25, 0.3) is 0 Å². The van der Waals surface area contributed by atoms with Crippen molar-refractivity contribution in [1.29, 1.82) is 0 Å². The van der Waals surface area contributed by atoms with E-state index in [1.54, 1.807) is 17.7 Å². The summed E-state index contributed by atoms with van der Waals surface area (Å²) in [5.41, 5.74) is 10.5. The molecule has 0 aliphatic heterocycles. The smallest absolute Gasteiger partial charge is 0.240 e. The topological polar surface area (TPSA) is 86.9 Å². The predicted octanol–water partition coefficient (Wildman–Crippen LogP) is -0.436. The van der Waals surface area contributed by atoms with E-state index < -0.39 is 11.9 Å². The molecule has 1 atom stereocenters. The summed E-state index contributed by atoms with van der Waals surface area (Å²) in [6, 6.07) is -0.487. The third-order valence-electron chi connectivity index (χ3n) is 1.72. The summed E-state index contributed by atoms with van der Waals surface area (Å²) < 4.78 is 1.55. The number of carbonyl (C=O) groups is 1. The summed E-state index contributed by atoms with van der Waals surface area (Å²) in [5.74, 6) is -0.0446. The molecule has 0 saturated carbocycles. The number of thiocarbonyl (C=S) groups is 1. The Balaban J connectivity index is 3.07. The van der Waals surface area contributed by atoms with Crippen molar-refractivity contribution in [3.05, 3.63) is 18.2 Å². The third kappa shape index (κ3) is 1.83. The number of aromatic nitrogens is 2. The molecule has 6 heteroatoms. The van der Waals surface area contributed by atoms with Crippen LogP contribution in [0.1, 0.15) is 18.8 Å². The first kappa shape index (κ1) is 9.66. The van der Waals surface area contributed by atoms with Crippen LogP contribution in [0.2, 0.25) is 0 Å². The second-order valence-electron chi connectivity index (χ2n) is 2.60. The van der Waals surface area contributed by atoms with Crippen molar-refractivity contribution in [3.8, 4) is 0 Å². The number of carbonyl (C=O) groups excluding carboxylic acids is 1. The summed E-state index contributed by atoms with van der Waals surface area (Å²) in [7, 11) is 0. The van der Waals surface area contributed by atoms with Crippen LogP contribution in [0.4, 0.5) is 0 Å². The summed E-state index contributed by atoms with van der Waals surface area (Å²) in [4.78, 5) is 14.9. The van der Waals surface area contributed by atoms with Crippen molar-refractivity contribution >= 4 is 23.1 Å². The van der Waals surface area contributed by atoms with E-state index in [0.717, 1.165) is 0 Å². The van der Waals surface area contributed by atoms with Gasteiger partial charge in [0.05, 0.1) is 0 Å². The van der Waals surface area contributed by atoms with Crippen molar-refractivity contribution in [2.24, 2.45) is 11.5 Å². The summed E-state index contributed by atoms with van der Waals surface area (Å²) in [6.07, 6.45) is 3.14. The number of nitrogens with two attached hydrogens (primary N) is 2.